The summed E-state index contributed by atoms with van der Waals surface area (Å²) in [6, 6.07) is 17.1. The number of halogens is 1. The first kappa shape index (κ1) is 17.5. The third-order valence-electron chi connectivity index (χ3n) is 4.53. The number of benzene rings is 2. The monoisotopic (exact) mass is 356 g/mol. The smallest absolute Gasteiger partial charge is 0.232 e. The van der Waals surface area contributed by atoms with Crippen molar-refractivity contribution < 1.29 is 9.59 Å². The highest BCUT2D eigenvalue weighted by Gasteiger charge is 2.36. The van der Waals surface area contributed by atoms with Gasteiger partial charge < -0.3 is 9.80 Å². The normalized spacial score (nSPS) is 17.0. The Labute approximate surface area is 153 Å². The van der Waals surface area contributed by atoms with Crippen molar-refractivity contribution >= 4 is 29.1 Å². The number of rotatable bonds is 5. The van der Waals surface area contributed by atoms with Gasteiger partial charge in [-0.2, -0.15) is 0 Å². The van der Waals surface area contributed by atoms with Crippen LogP contribution in [0.3, 0.4) is 0 Å². The maximum Gasteiger partial charge on any atom is 0.232 e. The molecule has 2 aromatic carbocycles. The van der Waals surface area contributed by atoms with Crippen LogP contribution in [0.25, 0.3) is 0 Å². The van der Waals surface area contributed by atoms with Crippen molar-refractivity contribution in [2.45, 2.75) is 19.9 Å². The minimum atomic E-state index is -0.310. The molecule has 1 fully saturated rings. The number of carbonyl (C=O) groups excluding carboxylic acids is 2. The maximum atomic E-state index is 12.9. The van der Waals surface area contributed by atoms with E-state index >= 15 is 0 Å². The fraction of sp³-hybridized carbons (Fsp3) is 0.300. The van der Waals surface area contributed by atoms with Crippen LogP contribution in [0.5, 0.6) is 0 Å². The first-order valence-corrected chi connectivity index (χ1v) is 8.85. The van der Waals surface area contributed by atoms with Gasteiger partial charge in [0.25, 0.3) is 0 Å². The second-order valence-electron chi connectivity index (χ2n) is 6.18. The Kier molecular flexibility index (Phi) is 5.39. The molecule has 1 aliphatic rings. The third kappa shape index (κ3) is 3.85. The highest BCUT2D eigenvalue weighted by atomic mass is 35.5. The van der Waals surface area contributed by atoms with Gasteiger partial charge >= 0.3 is 0 Å². The van der Waals surface area contributed by atoms with Gasteiger partial charge in [0.15, 0.2) is 0 Å². The fourth-order valence-electron chi connectivity index (χ4n) is 3.22. The molecule has 0 aliphatic carbocycles. The molecule has 1 unspecified atom stereocenters. The summed E-state index contributed by atoms with van der Waals surface area (Å²) in [4.78, 5) is 28.7. The minimum Gasteiger partial charge on any atom is -0.337 e. The first-order valence-electron chi connectivity index (χ1n) is 8.47. The van der Waals surface area contributed by atoms with Crippen molar-refractivity contribution in [2.24, 2.45) is 5.92 Å². The number of para-hydroxylation sites is 1. The van der Waals surface area contributed by atoms with Gasteiger partial charge in [-0.3, -0.25) is 9.59 Å². The van der Waals surface area contributed by atoms with E-state index in [4.69, 9.17) is 11.6 Å². The molecular weight excluding hydrogens is 336 g/mol. The van der Waals surface area contributed by atoms with Crippen molar-refractivity contribution in [1.82, 2.24) is 4.90 Å². The molecule has 1 heterocycles. The minimum absolute atomic E-state index is 0.00221. The van der Waals surface area contributed by atoms with Gasteiger partial charge in [0, 0.05) is 36.8 Å². The topological polar surface area (TPSA) is 40.6 Å². The van der Waals surface area contributed by atoms with Gasteiger partial charge in [-0.25, -0.2) is 0 Å². The van der Waals surface area contributed by atoms with Crippen LogP contribution in [-0.4, -0.2) is 29.8 Å². The van der Waals surface area contributed by atoms with E-state index in [1.165, 1.54) is 0 Å². The van der Waals surface area contributed by atoms with E-state index in [0.29, 0.717) is 24.7 Å². The summed E-state index contributed by atoms with van der Waals surface area (Å²) in [7, 11) is 0. The molecule has 0 N–H and O–H groups in total. The van der Waals surface area contributed by atoms with Crippen LogP contribution >= 0.6 is 11.6 Å². The summed E-state index contributed by atoms with van der Waals surface area (Å²) < 4.78 is 0. The Morgan fingerprint density at radius 3 is 2.52 bits per heavy atom. The predicted molar refractivity (Wildman–Crippen MR) is 99.4 cm³/mol. The molecule has 0 saturated carbocycles. The van der Waals surface area contributed by atoms with Gasteiger partial charge in [0.2, 0.25) is 11.8 Å². The molecule has 25 heavy (non-hydrogen) atoms. The second-order valence-corrected chi connectivity index (χ2v) is 6.59. The van der Waals surface area contributed by atoms with Crippen LogP contribution in [0, 0.1) is 5.92 Å². The first-order chi connectivity index (χ1) is 12.1. The van der Waals surface area contributed by atoms with Crippen molar-refractivity contribution in [3.8, 4) is 0 Å². The molecule has 130 valence electrons. The average Bonchev–Trinajstić information content (AvgIpc) is 2.99. The summed E-state index contributed by atoms with van der Waals surface area (Å²) in [6.07, 6.45) is 0.257. The van der Waals surface area contributed by atoms with Crippen molar-refractivity contribution in [3.63, 3.8) is 0 Å². The Hall–Kier alpha value is -2.33. The zero-order valence-electron chi connectivity index (χ0n) is 14.2. The Bertz CT molecular complexity index is 763. The third-order valence-corrected chi connectivity index (χ3v) is 4.90. The van der Waals surface area contributed by atoms with E-state index in [9.17, 15) is 9.59 Å². The summed E-state index contributed by atoms with van der Waals surface area (Å²) >= 11 is 6.19. The van der Waals surface area contributed by atoms with Gasteiger partial charge in [-0.05, 0) is 30.7 Å². The zero-order chi connectivity index (χ0) is 17.8. The second kappa shape index (κ2) is 7.70. The number of hydrogen-bond acceptors (Lipinski definition) is 2. The zero-order valence-corrected chi connectivity index (χ0v) is 14.9. The molecule has 5 heteroatoms. The van der Waals surface area contributed by atoms with Gasteiger partial charge in [0.1, 0.15) is 0 Å². The maximum absolute atomic E-state index is 12.9. The number of hydrogen-bond donors (Lipinski definition) is 0. The quantitative estimate of drug-likeness (QED) is 0.818. The van der Waals surface area contributed by atoms with Gasteiger partial charge in [-0.15, -0.1) is 0 Å². The van der Waals surface area contributed by atoms with Crippen LogP contribution in [0.1, 0.15) is 18.9 Å². The lowest BCUT2D eigenvalue weighted by molar-refractivity contribution is -0.128. The van der Waals surface area contributed by atoms with E-state index in [-0.39, 0.29) is 24.2 Å². The standard InChI is InChI=1S/C20H21ClN2O2/c1-2-23(17-9-4-3-5-10-17)20(25)16-12-19(24)22(14-16)13-15-8-6-7-11-18(15)21/h3-11,16H,2,12-14H2,1H3. The molecule has 2 aromatic rings. The largest absolute Gasteiger partial charge is 0.337 e. The average molecular weight is 357 g/mol. The van der Waals surface area contributed by atoms with E-state index in [0.717, 1.165) is 11.3 Å². The highest BCUT2D eigenvalue weighted by Crippen LogP contribution is 2.26. The van der Waals surface area contributed by atoms with Crippen LogP contribution < -0.4 is 4.90 Å². The molecule has 0 radical (unpaired) electrons. The van der Waals surface area contributed by atoms with E-state index in [2.05, 4.69) is 0 Å². The Morgan fingerprint density at radius 2 is 1.84 bits per heavy atom. The van der Waals surface area contributed by atoms with Gasteiger partial charge in [0.05, 0.1) is 5.92 Å². The van der Waals surface area contributed by atoms with Gasteiger partial charge in [-0.1, -0.05) is 48.0 Å². The lowest BCUT2D eigenvalue weighted by atomic mass is 10.1. The molecule has 3 rings (SSSR count). The van der Waals surface area contributed by atoms with Crippen molar-refractivity contribution in [2.75, 3.05) is 18.0 Å². The summed E-state index contributed by atoms with van der Waals surface area (Å²) in [5.74, 6) is -0.304. The van der Waals surface area contributed by atoms with Crippen LogP contribution in [0.2, 0.25) is 5.02 Å². The molecule has 1 aliphatic heterocycles. The van der Waals surface area contributed by atoms with Crippen molar-refractivity contribution in [1.29, 1.82) is 0 Å². The highest BCUT2D eigenvalue weighted by molar-refractivity contribution is 6.31. The molecule has 1 atom stereocenters. The summed E-state index contributed by atoms with van der Waals surface area (Å²) in [6.45, 7) is 3.41. The van der Waals surface area contributed by atoms with Crippen molar-refractivity contribution in [3.05, 3.63) is 65.2 Å². The molecular formula is C20H21ClN2O2. The Morgan fingerprint density at radius 1 is 1.16 bits per heavy atom. The summed E-state index contributed by atoms with van der Waals surface area (Å²) in [5.41, 5.74) is 1.77. The SMILES string of the molecule is CCN(C(=O)C1CC(=O)N(Cc2ccccc2Cl)C1)c1ccccc1. The lowest BCUT2D eigenvalue weighted by Crippen LogP contribution is -2.37. The summed E-state index contributed by atoms with van der Waals surface area (Å²) in [5, 5.41) is 0.643. The predicted octanol–water partition coefficient (Wildman–Crippen LogP) is 3.74. The Balaban J connectivity index is 1.71. The number of carbonyl (C=O) groups is 2. The van der Waals surface area contributed by atoms with E-state index in [1.807, 2.05) is 61.5 Å². The molecule has 0 aromatic heterocycles. The van der Waals surface area contributed by atoms with Crippen LogP contribution in [0.4, 0.5) is 5.69 Å². The van der Waals surface area contributed by atoms with Crippen LogP contribution in [0.15, 0.2) is 54.6 Å². The number of likely N-dealkylation sites (tertiary alicyclic amines) is 1. The number of nitrogens with zero attached hydrogens (tertiary/aromatic N) is 2. The fourth-order valence-corrected chi connectivity index (χ4v) is 3.41. The molecule has 0 spiro atoms. The lowest BCUT2D eigenvalue weighted by Gasteiger charge is -2.24. The molecule has 2 amide bonds. The molecule has 1 saturated heterocycles. The van der Waals surface area contributed by atoms with E-state index < -0.39 is 0 Å². The van der Waals surface area contributed by atoms with E-state index in [1.54, 1.807) is 9.80 Å². The molecule has 0 bridgehead atoms. The molecule has 4 nitrogen and oxygen atoms in total. The number of anilines is 1. The van der Waals surface area contributed by atoms with Crippen LogP contribution in [-0.2, 0) is 16.1 Å². The number of amides is 2.